The van der Waals surface area contributed by atoms with Crippen molar-refractivity contribution in [2.45, 2.75) is 19.9 Å². The fraction of sp³-hybridized carbons (Fsp3) is 0.467. The van der Waals surface area contributed by atoms with Crippen LogP contribution in [0.4, 0.5) is 16.4 Å². The highest BCUT2D eigenvalue weighted by atomic mass is 35.5. The second-order valence-electron chi connectivity index (χ2n) is 5.61. The first-order valence-electron chi connectivity index (χ1n) is 7.98. The van der Waals surface area contributed by atoms with Crippen LogP contribution in [0.15, 0.2) is 24.5 Å². The molecule has 128 valence electrons. The smallest absolute Gasteiger partial charge is 0.323 e. The van der Waals surface area contributed by atoms with E-state index >= 15 is 0 Å². The average Bonchev–Trinajstić information content (AvgIpc) is 3.03. The summed E-state index contributed by atoms with van der Waals surface area (Å²) in [6.45, 7) is 5.55. The first-order chi connectivity index (χ1) is 11.7. The van der Waals surface area contributed by atoms with Gasteiger partial charge in [-0.3, -0.25) is 10.00 Å². The van der Waals surface area contributed by atoms with E-state index in [1.807, 2.05) is 12.1 Å². The van der Waals surface area contributed by atoms with Gasteiger partial charge < -0.3 is 9.80 Å². The Kier molecular flexibility index (Phi) is 5.14. The number of pyridine rings is 1. The Bertz CT molecular complexity index is 679. The zero-order chi connectivity index (χ0) is 16.9. The van der Waals surface area contributed by atoms with E-state index in [-0.39, 0.29) is 6.03 Å². The van der Waals surface area contributed by atoms with Crippen molar-refractivity contribution in [3.63, 3.8) is 0 Å². The SMILES string of the molecule is CCCn1cc(NC(=O)N2CCN(c3ccc(Cl)cn3)CC2)nn1. The van der Waals surface area contributed by atoms with E-state index in [0.29, 0.717) is 23.9 Å². The number of urea groups is 1. The van der Waals surface area contributed by atoms with Crippen molar-refractivity contribution in [2.24, 2.45) is 0 Å². The molecule has 24 heavy (non-hydrogen) atoms. The van der Waals surface area contributed by atoms with Crippen LogP contribution in [0.1, 0.15) is 13.3 Å². The number of nitrogens with one attached hydrogen (secondary N) is 1. The Hall–Kier alpha value is -2.35. The minimum Gasteiger partial charge on any atom is -0.353 e. The Morgan fingerprint density at radius 1 is 1.29 bits per heavy atom. The van der Waals surface area contributed by atoms with E-state index in [4.69, 9.17) is 11.6 Å². The number of carbonyl (C=O) groups excluding carboxylic acids is 1. The predicted octanol–water partition coefficient (Wildman–Crippen LogP) is 2.09. The highest BCUT2D eigenvalue weighted by Crippen LogP contribution is 2.16. The van der Waals surface area contributed by atoms with Gasteiger partial charge in [-0.1, -0.05) is 23.7 Å². The van der Waals surface area contributed by atoms with Crippen LogP contribution in [-0.4, -0.2) is 57.1 Å². The Morgan fingerprint density at radius 3 is 2.75 bits per heavy atom. The van der Waals surface area contributed by atoms with Gasteiger partial charge in [0.15, 0.2) is 5.82 Å². The van der Waals surface area contributed by atoms with Crippen molar-refractivity contribution in [1.82, 2.24) is 24.9 Å². The van der Waals surface area contributed by atoms with Crippen molar-refractivity contribution in [3.05, 3.63) is 29.5 Å². The van der Waals surface area contributed by atoms with Crippen LogP contribution in [0.2, 0.25) is 5.02 Å². The van der Waals surface area contributed by atoms with Crippen molar-refractivity contribution in [3.8, 4) is 0 Å². The molecule has 0 unspecified atom stereocenters. The van der Waals surface area contributed by atoms with Crippen LogP contribution >= 0.6 is 11.6 Å². The summed E-state index contributed by atoms with van der Waals surface area (Å²) in [5.41, 5.74) is 0. The highest BCUT2D eigenvalue weighted by molar-refractivity contribution is 6.30. The fourth-order valence-electron chi connectivity index (χ4n) is 2.58. The molecule has 1 fully saturated rings. The maximum Gasteiger partial charge on any atom is 0.323 e. The molecule has 8 nitrogen and oxygen atoms in total. The summed E-state index contributed by atoms with van der Waals surface area (Å²) in [5, 5.41) is 11.3. The average molecular weight is 350 g/mol. The van der Waals surface area contributed by atoms with Gasteiger partial charge in [0.25, 0.3) is 0 Å². The van der Waals surface area contributed by atoms with Crippen molar-refractivity contribution >= 4 is 29.3 Å². The number of hydrogen-bond acceptors (Lipinski definition) is 5. The molecule has 1 aliphatic heterocycles. The third-order valence-corrected chi connectivity index (χ3v) is 4.05. The van der Waals surface area contributed by atoms with Gasteiger partial charge in [-0.2, -0.15) is 0 Å². The molecule has 1 saturated heterocycles. The lowest BCUT2D eigenvalue weighted by molar-refractivity contribution is 0.208. The molecule has 0 aromatic carbocycles. The molecule has 2 aromatic rings. The summed E-state index contributed by atoms with van der Waals surface area (Å²) in [5.74, 6) is 1.36. The van der Waals surface area contributed by atoms with Crippen LogP contribution in [-0.2, 0) is 6.54 Å². The van der Waals surface area contributed by atoms with E-state index in [1.54, 1.807) is 22.0 Å². The number of hydrogen-bond donors (Lipinski definition) is 1. The summed E-state index contributed by atoms with van der Waals surface area (Å²) < 4.78 is 1.72. The molecule has 1 N–H and O–H groups in total. The molecule has 9 heteroatoms. The molecular formula is C15H20ClN7O. The van der Waals surface area contributed by atoms with Gasteiger partial charge in [0.1, 0.15) is 5.82 Å². The number of nitrogens with zero attached hydrogens (tertiary/aromatic N) is 6. The lowest BCUT2D eigenvalue weighted by Gasteiger charge is -2.35. The van der Waals surface area contributed by atoms with Gasteiger partial charge >= 0.3 is 6.03 Å². The molecule has 0 aliphatic carbocycles. The van der Waals surface area contributed by atoms with Gasteiger partial charge in [0, 0.05) is 38.9 Å². The first kappa shape index (κ1) is 16.5. The number of anilines is 2. The third kappa shape index (κ3) is 3.94. The summed E-state index contributed by atoms with van der Waals surface area (Å²) in [6, 6.07) is 3.56. The molecule has 3 heterocycles. The molecule has 1 aliphatic rings. The second-order valence-corrected chi connectivity index (χ2v) is 6.04. The minimum absolute atomic E-state index is 0.151. The van der Waals surface area contributed by atoms with E-state index in [2.05, 4.69) is 32.4 Å². The van der Waals surface area contributed by atoms with Gasteiger partial charge in [-0.25, -0.2) is 9.78 Å². The van der Waals surface area contributed by atoms with Gasteiger partial charge in [0.05, 0.1) is 11.2 Å². The summed E-state index contributed by atoms with van der Waals surface area (Å²) in [4.78, 5) is 20.5. The number of aromatic nitrogens is 4. The lowest BCUT2D eigenvalue weighted by Crippen LogP contribution is -2.50. The van der Waals surface area contributed by atoms with Crippen LogP contribution in [0.25, 0.3) is 0 Å². The molecular weight excluding hydrogens is 330 g/mol. The van der Waals surface area contributed by atoms with Crippen LogP contribution in [0.5, 0.6) is 0 Å². The minimum atomic E-state index is -0.151. The maximum atomic E-state index is 12.3. The monoisotopic (exact) mass is 349 g/mol. The molecule has 0 atom stereocenters. The molecule has 3 rings (SSSR count). The number of rotatable bonds is 4. The van der Waals surface area contributed by atoms with Crippen LogP contribution in [0.3, 0.4) is 0 Å². The molecule has 2 aromatic heterocycles. The summed E-state index contributed by atoms with van der Waals surface area (Å²) in [7, 11) is 0. The fourth-order valence-corrected chi connectivity index (χ4v) is 2.69. The van der Waals surface area contributed by atoms with Crippen molar-refractivity contribution in [1.29, 1.82) is 0 Å². The zero-order valence-electron chi connectivity index (χ0n) is 13.5. The highest BCUT2D eigenvalue weighted by Gasteiger charge is 2.22. The molecule has 0 bridgehead atoms. The topological polar surface area (TPSA) is 79.2 Å². The summed E-state index contributed by atoms with van der Waals surface area (Å²) >= 11 is 5.86. The largest absolute Gasteiger partial charge is 0.353 e. The van der Waals surface area contributed by atoms with Gasteiger partial charge in [-0.05, 0) is 18.6 Å². The molecule has 2 amide bonds. The Balaban J connectivity index is 1.52. The van der Waals surface area contributed by atoms with Crippen LogP contribution in [0, 0.1) is 0 Å². The normalized spacial score (nSPS) is 14.8. The maximum absolute atomic E-state index is 12.3. The number of halogens is 1. The summed E-state index contributed by atoms with van der Waals surface area (Å²) in [6.07, 6.45) is 4.35. The second kappa shape index (κ2) is 7.48. The number of carbonyl (C=O) groups is 1. The Morgan fingerprint density at radius 2 is 2.08 bits per heavy atom. The molecule has 0 spiro atoms. The van der Waals surface area contributed by atoms with E-state index < -0.39 is 0 Å². The number of amides is 2. The number of piperazine rings is 1. The van der Waals surface area contributed by atoms with Crippen molar-refractivity contribution < 1.29 is 4.79 Å². The van der Waals surface area contributed by atoms with E-state index in [0.717, 1.165) is 31.9 Å². The number of aryl methyl sites for hydroxylation is 1. The zero-order valence-corrected chi connectivity index (χ0v) is 14.3. The molecule has 0 radical (unpaired) electrons. The van der Waals surface area contributed by atoms with E-state index in [1.165, 1.54) is 0 Å². The van der Waals surface area contributed by atoms with Gasteiger partial charge in [0.2, 0.25) is 0 Å². The first-order valence-corrected chi connectivity index (χ1v) is 8.36. The standard InChI is InChI=1S/C15H20ClN7O/c1-2-5-23-11-13(19-20-23)18-15(24)22-8-6-21(7-9-22)14-4-3-12(16)10-17-14/h3-4,10-11H,2,5-9H2,1H3,(H,18,24). The van der Waals surface area contributed by atoms with Crippen LogP contribution < -0.4 is 10.2 Å². The van der Waals surface area contributed by atoms with Gasteiger partial charge in [-0.15, -0.1) is 5.10 Å². The Labute approximate surface area is 145 Å². The quantitative estimate of drug-likeness (QED) is 0.914. The molecule has 0 saturated carbocycles. The van der Waals surface area contributed by atoms with E-state index in [9.17, 15) is 4.79 Å². The van der Waals surface area contributed by atoms with Crippen molar-refractivity contribution in [2.75, 3.05) is 36.4 Å². The predicted molar refractivity (Wildman–Crippen MR) is 92.4 cm³/mol. The lowest BCUT2D eigenvalue weighted by atomic mass is 10.3. The third-order valence-electron chi connectivity index (χ3n) is 3.83.